The Balaban J connectivity index is 1.36. The number of carbonyl (C=O) groups is 2. The Labute approximate surface area is 173 Å². The lowest BCUT2D eigenvalue weighted by molar-refractivity contribution is -0.116. The molecule has 0 aliphatic carbocycles. The Hall–Kier alpha value is -2.66. The first kappa shape index (κ1) is 21.1. The average molecular weight is 395 g/mol. The SMILES string of the molecule is COc1ccccc1CCNCCCCC(=O)c1ccc2c(c1)CCN2C(C)=O. The summed E-state index contributed by atoms with van der Waals surface area (Å²) in [5, 5.41) is 3.44. The number of para-hydroxylation sites is 1. The fourth-order valence-electron chi connectivity index (χ4n) is 3.84. The highest BCUT2D eigenvalue weighted by atomic mass is 16.5. The number of anilines is 1. The smallest absolute Gasteiger partial charge is 0.223 e. The zero-order chi connectivity index (χ0) is 20.6. The molecule has 29 heavy (non-hydrogen) atoms. The first-order valence-electron chi connectivity index (χ1n) is 10.4. The predicted octanol–water partition coefficient (Wildman–Crippen LogP) is 3.79. The van der Waals surface area contributed by atoms with Crippen molar-refractivity contribution in [1.29, 1.82) is 0 Å². The zero-order valence-electron chi connectivity index (χ0n) is 17.4. The van der Waals surface area contributed by atoms with Crippen LogP contribution in [0.5, 0.6) is 5.75 Å². The minimum atomic E-state index is 0.0565. The van der Waals surface area contributed by atoms with E-state index in [0.29, 0.717) is 13.0 Å². The van der Waals surface area contributed by atoms with Crippen LogP contribution in [-0.2, 0) is 17.6 Å². The van der Waals surface area contributed by atoms with Crippen LogP contribution < -0.4 is 15.0 Å². The number of carbonyl (C=O) groups excluding carboxylic acids is 2. The minimum absolute atomic E-state index is 0.0565. The van der Waals surface area contributed by atoms with Crippen LogP contribution in [0.1, 0.15) is 47.7 Å². The van der Waals surface area contributed by atoms with Crippen LogP contribution in [0.4, 0.5) is 5.69 Å². The Morgan fingerprint density at radius 2 is 1.93 bits per heavy atom. The molecule has 0 saturated carbocycles. The van der Waals surface area contributed by atoms with Crippen LogP contribution in [0.15, 0.2) is 42.5 Å². The monoisotopic (exact) mass is 394 g/mol. The number of nitrogens with one attached hydrogen (secondary N) is 1. The molecule has 0 radical (unpaired) electrons. The van der Waals surface area contributed by atoms with E-state index < -0.39 is 0 Å². The summed E-state index contributed by atoms with van der Waals surface area (Å²) in [6.45, 7) is 4.09. The number of nitrogens with zero attached hydrogens (tertiary/aromatic N) is 1. The first-order chi connectivity index (χ1) is 14.1. The summed E-state index contributed by atoms with van der Waals surface area (Å²) in [5.41, 5.74) is 4.02. The van der Waals surface area contributed by atoms with Crippen molar-refractivity contribution in [3.05, 3.63) is 59.2 Å². The van der Waals surface area contributed by atoms with Gasteiger partial charge < -0.3 is 15.0 Å². The second-order valence-electron chi connectivity index (χ2n) is 7.46. The number of amides is 1. The Morgan fingerprint density at radius 1 is 1.10 bits per heavy atom. The predicted molar refractivity (Wildman–Crippen MR) is 116 cm³/mol. The molecule has 1 amide bonds. The van der Waals surface area contributed by atoms with Crippen molar-refractivity contribution in [1.82, 2.24) is 5.32 Å². The van der Waals surface area contributed by atoms with E-state index in [9.17, 15) is 9.59 Å². The van der Waals surface area contributed by atoms with Crippen molar-refractivity contribution >= 4 is 17.4 Å². The quantitative estimate of drug-likeness (QED) is 0.492. The second kappa shape index (κ2) is 10.2. The van der Waals surface area contributed by atoms with Gasteiger partial charge in [-0.3, -0.25) is 9.59 Å². The Bertz CT molecular complexity index is 863. The van der Waals surface area contributed by atoms with Crippen LogP contribution in [0, 0.1) is 0 Å². The van der Waals surface area contributed by atoms with Gasteiger partial charge in [-0.15, -0.1) is 0 Å². The van der Waals surface area contributed by atoms with Crippen molar-refractivity contribution in [3.8, 4) is 5.75 Å². The van der Waals surface area contributed by atoms with E-state index >= 15 is 0 Å². The van der Waals surface area contributed by atoms with Crippen molar-refractivity contribution < 1.29 is 14.3 Å². The van der Waals surface area contributed by atoms with E-state index in [2.05, 4.69) is 11.4 Å². The van der Waals surface area contributed by atoms with Gasteiger partial charge in [-0.2, -0.15) is 0 Å². The highest BCUT2D eigenvalue weighted by Gasteiger charge is 2.22. The van der Waals surface area contributed by atoms with Crippen molar-refractivity contribution in [2.24, 2.45) is 0 Å². The maximum Gasteiger partial charge on any atom is 0.223 e. The number of benzene rings is 2. The van der Waals surface area contributed by atoms with Crippen LogP contribution in [0.25, 0.3) is 0 Å². The van der Waals surface area contributed by atoms with Gasteiger partial charge >= 0.3 is 0 Å². The maximum absolute atomic E-state index is 12.5. The van der Waals surface area contributed by atoms with Crippen LogP contribution in [0.2, 0.25) is 0 Å². The van der Waals surface area contributed by atoms with E-state index in [1.54, 1.807) is 18.9 Å². The molecule has 1 aliphatic rings. The molecule has 0 unspecified atom stereocenters. The molecule has 0 bridgehead atoms. The molecule has 0 spiro atoms. The number of rotatable bonds is 10. The second-order valence-corrected chi connectivity index (χ2v) is 7.46. The topological polar surface area (TPSA) is 58.6 Å². The van der Waals surface area contributed by atoms with Crippen molar-refractivity contribution in [2.45, 2.75) is 39.0 Å². The van der Waals surface area contributed by atoms with Gasteiger partial charge in [0, 0.05) is 31.1 Å². The number of ketones is 1. The first-order valence-corrected chi connectivity index (χ1v) is 10.4. The molecular formula is C24H30N2O3. The molecule has 2 aromatic carbocycles. The highest BCUT2D eigenvalue weighted by molar-refractivity contribution is 5.98. The van der Waals surface area contributed by atoms with Gasteiger partial charge in [-0.05, 0) is 74.2 Å². The molecule has 1 N–H and O–H groups in total. The fraction of sp³-hybridized carbons (Fsp3) is 0.417. The molecule has 2 aromatic rings. The normalized spacial score (nSPS) is 12.7. The minimum Gasteiger partial charge on any atom is -0.496 e. The summed E-state index contributed by atoms with van der Waals surface area (Å²) in [5.74, 6) is 1.17. The van der Waals surface area contributed by atoms with Crippen LogP contribution >= 0.6 is 0 Å². The van der Waals surface area contributed by atoms with Crippen LogP contribution in [0.3, 0.4) is 0 Å². The molecule has 1 heterocycles. The summed E-state index contributed by atoms with van der Waals surface area (Å²) in [4.78, 5) is 25.9. The number of hydrogen-bond donors (Lipinski definition) is 1. The fourth-order valence-corrected chi connectivity index (χ4v) is 3.84. The number of ether oxygens (including phenoxy) is 1. The third-order valence-corrected chi connectivity index (χ3v) is 5.45. The van der Waals surface area contributed by atoms with Gasteiger partial charge in [0.2, 0.25) is 5.91 Å². The van der Waals surface area contributed by atoms with Crippen LogP contribution in [-0.4, -0.2) is 38.4 Å². The molecule has 5 nitrogen and oxygen atoms in total. The molecule has 0 saturated heterocycles. The highest BCUT2D eigenvalue weighted by Crippen LogP contribution is 2.29. The summed E-state index contributed by atoms with van der Waals surface area (Å²) in [6.07, 6.45) is 4.16. The molecule has 0 fully saturated rings. The standard InChI is InChI=1S/C24H30N2O3/c1-18(27)26-16-13-20-17-21(10-11-22(20)26)23(28)8-5-6-14-25-15-12-19-7-3-4-9-24(19)29-2/h3-4,7,9-11,17,25H,5-6,8,12-16H2,1-2H3. The number of unbranched alkanes of at least 4 members (excludes halogenated alkanes) is 1. The molecular weight excluding hydrogens is 364 g/mol. The molecule has 154 valence electrons. The van der Waals surface area contributed by atoms with E-state index in [4.69, 9.17) is 4.74 Å². The zero-order valence-corrected chi connectivity index (χ0v) is 17.4. The summed E-state index contributed by atoms with van der Waals surface area (Å²) in [6, 6.07) is 13.8. The summed E-state index contributed by atoms with van der Waals surface area (Å²) < 4.78 is 5.37. The molecule has 0 aromatic heterocycles. The maximum atomic E-state index is 12.5. The number of fused-ring (bicyclic) bond motifs is 1. The number of methoxy groups -OCH3 is 1. The molecule has 5 heteroatoms. The summed E-state index contributed by atoms with van der Waals surface area (Å²) >= 11 is 0. The lowest BCUT2D eigenvalue weighted by Gasteiger charge is -2.14. The Kier molecular flexibility index (Phi) is 7.42. The lowest BCUT2D eigenvalue weighted by Crippen LogP contribution is -2.25. The van der Waals surface area contributed by atoms with E-state index in [1.165, 1.54) is 5.56 Å². The molecule has 1 aliphatic heterocycles. The van der Waals surface area contributed by atoms with E-state index in [1.807, 2.05) is 36.4 Å². The van der Waals surface area contributed by atoms with Gasteiger partial charge in [0.1, 0.15) is 5.75 Å². The van der Waals surface area contributed by atoms with Crippen molar-refractivity contribution in [2.75, 3.05) is 31.6 Å². The lowest BCUT2D eigenvalue weighted by atomic mass is 10.0. The van der Waals surface area contributed by atoms with Crippen molar-refractivity contribution in [3.63, 3.8) is 0 Å². The number of Topliss-reactive ketones (excluding diaryl/α,β-unsaturated/α-hetero) is 1. The summed E-state index contributed by atoms with van der Waals surface area (Å²) in [7, 11) is 1.70. The number of hydrogen-bond acceptors (Lipinski definition) is 4. The van der Waals surface area contributed by atoms with Gasteiger partial charge in [-0.25, -0.2) is 0 Å². The van der Waals surface area contributed by atoms with E-state index in [0.717, 1.165) is 61.3 Å². The van der Waals surface area contributed by atoms with E-state index in [-0.39, 0.29) is 11.7 Å². The third-order valence-electron chi connectivity index (χ3n) is 5.45. The van der Waals surface area contributed by atoms with Gasteiger partial charge in [0.25, 0.3) is 0 Å². The van der Waals surface area contributed by atoms with Gasteiger partial charge in [0.15, 0.2) is 5.78 Å². The molecule has 3 rings (SSSR count). The third kappa shape index (κ3) is 5.45. The largest absolute Gasteiger partial charge is 0.496 e. The van der Waals surface area contributed by atoms with Gasteiger partial charge in [0.05, 0.1) is 7.11 Å². The van der Waals surface area contributed by atoms with Gasteiger partial charge in [-0.1, -0.05) is 18.2 Å². The molecule has 0 atom stereocenters. The average Bonchev–Trinajstić information content (AvgIpc) is 3.16. The Morgan fingerprint density at radius 3 is 2.72 bits per heavy atom.